The molecule has 1 aromatic rings. The Labute approximate surface area is 127 Å². The maximum Gasteiger partial charge on any atom is 0.148 e. The molecule has 0 aliphatic carbocycles. The summed E-state index contributed by atoms with van der Waals surface area (Å²) in [7, 11) is 0. The first-order valence-corrected chi connectivity index (χ1v) is 7.21. The van der Waals surface area contributed by atoms with Crippen LogP contribution in [0.15, 0.2) is 41.5 Å². The van der Waals surface area contributed by atoms with Crippen LogP contribution >= 0.6 is 11.6 Å². The summed E-state index contributed by atoms with van der Waals surface area (Å²) in [6.45, 7) is 1.70. The van der Waals surface area contributed by atoms with Gasteiger partial charge < -0.3 is 20.2 Å². The van der Waals surface area contributed by atoms with Crippen LogP contribution in [-0.2, 0) is 4.79 Å². The molecule has 1 N–H and O–H groups in total. The summed E-state index contributed by atoms with van der Waals surface area (Å²) < 4.78 is 0. The molecule has 3 rings (SSSR count). The molecule has 0 unspecified atom stereocenters. The first-order valence-electron chi connectivity index (χ1n) is 6.83. The highest BCUT2D eigenvalue weighted by Crippen LogP contribution is 2.33. The number of hydrogen-bond acceptors (Lipinski definition) is 5. The van der Waals surface area contributed by atoms with Gasteiger partial charge in [0.05, 0.1) is 6.54 Å². The number of carbonyl (C=O) groups excluding carboxylic acids is 1. The number of nitrogens with one attached hydrogen (secondary N) is 1. The summed E-state index contributed by atoms with van der Waals surface area (Å²) >= 11 is 5.89. The van der Waals surface area contributed by atoms with Crippen LogP contribution in [0.3, 0.4) is 0 Å². The smallest absolute Gasteiger partial charge is 0.148 e. The topological polar surface area (TPSA) is 67.8 Å². The van der Waals surface area contributed by atoms with Gasteiger partial charge in [-0.25, -0.2) is 0 Å². The highest BCUT2D eigenvalue weighted by molar-refractivity contribution is 6.30. The Morgan fingerprint density at radius 1 is 1.33 bits per heavy atom. The molecule has 0 bridgehead atoms. The Bertz CT molecular complexity index is 597. The molecule has 5 nitrogen and oxygen atoms in total. The molecular formula is C15H15ClN3O2-. The average molecular weight is 305 g/mol. The fourth-order valence-corrected chi connectivity index (χ4v) is 2.96. The largest absolute Gasteiger partial charge is 0.550 e. The lowest BCUT2D eigenvalue weighted by molar-refractivity contribution is -0.311. The molecule has 1 aromatic carbocycles. The fourth-order valence-electron chi connectivity index (χ4n) is 2.83. The van der Waals surface area contributed by atoms with Crippen molar-refractivity contribution < 1.29 is 9.90 Å². The monoisotopic (exact) mass is 304 g/mol. The Morgan fingerprint density at radius 3 is 2.71 bits per heavy atom. The summed E-state index contributed by atoms with van der Waals surface area (Å²) in [6, 6.07) is 7.32. The van der Waals surface area contributed by atoms with Crippen LogP contribution in [0.5, 0.6) is 0 Å². The minimum Gasteiger partial charge on any atom is -0.550 e. The summed E-state index contributed by atoms with van der Waals surface area (Å²) in [4.78, 5) is 13.4. The number of hydrazone groups is 1. The van der Waals surface area contributed by atoms with Crippen molar-refractivity contribution in [3.8, 4) is 0 Å². The Morgan fingerprint density at radius 2 is 2.10 bits per heavy atom. The molecule has 2 heterocycles. The number of rotatable bonds is 2. The predicted octanol–water partition coefficient (Wildman–Crippen LogP) is 0.578. The van der Waals surface area contributed by atoms with Crippen LogP contribution in [-0.4, -0.2) is 36.3 Å². The number of carbonyl (C=O) groups is 1. The van der Waals surface area contributed by atoms with Crippen molar-refractivity contribution in [2.24, 2.45) is 11.0 Å². The molecule has 0 radical (unpaired) electrons. The van der Waals surface area contributed by atoms with Crippen molar-refractivity contribution in [3.63, 3.8) is 0 Å². The molecule has 21 heavy (non-hydrogen) atoms. The maximum absolute atomic E-state index is 11.4. The van der Waals surface area contributed by atoms with Crippen molar-refractivity contribution >= 4 is 23.4 Å². The number of benzene rings is 1. The minimum absolute atomic E-state index is 0.120. The van der Waals surface area contributed by atoms with E-state index in [9.17, 15) is 9.90 Å². The van der Waals surface area contributed by atoms with E-state index in [-0.39, 0.29) is 5.92 Å². The minimum atomic E-state index is -1.02. The van der Waals surface area contributed by atoms with E-state index in [1.165, 1.54) is 0 Å². The second-order valence-electron chi connectivity index (χ2n) is 5.22. The summed E-state index contributed by atoms with van der Waals surface area (Å²) in [5.41, 5.74) is 3.86. The van der Waals surface area contributed by atoms with E-state index in [4.69, 9.17) is 11.6 Å². The van der Waals surface area contributed by atoms with E-state index >= 15 is 0 Å². The number of amidine groups is 1. The maximum atomic E-state index is 11.4. The third-order valence-electron chi connectivity index (χ3n) is 3.91. The fraction of sp³-hybridized carbons (Fsp3) is 0.333. The zero-order valence-electron chi connectivity index (χ0n) is 11.3. The van der Waals surface area contributed by atoms with Gasteiger partial charge >= 0.3 is 0 Å². The van der Waals surface area contributed by atoms with E-state index < -0.39 is 11.9 Å². The second kappa shape index (κ2) is 5.77. The Kier molecular flexibility index (Phi) is 3.84. The van der Waals surface area contributed by atoms with E-state index in [1.807, 2.05) is 29.2 Å². The molecule has 6 heteroatoms. The van der Waals surface area contributed by atoms with Crippen molar-refractivity contribution in [1.29, 1.82) is 0 Å². The van der Waals surface area contributed by atoms with Gasteiger partial charge in [0.25, 0.3) is 0 Å². The van der Waals surface area contributed by atoms with Gasteiger partial charge in [0.2, 0.25) is 0 Å². The third kappa shape index (κ3) is 2.88. The zero-order valence-corrected chi connectivity index (χ0v) is 12.1. The van der Waals surface area contributed by atoms with Crippen LogP contribution in [0.25, 0.3) is 0 Å². The summed E-state index contributed by atoms with van der Waals surface area (Å²) in [5.74, 6) is -0.927. The molecule has 0 amide bonds. The van der Waals surface area contributed by atoms with Gasteiger partial charge in [-0.05, 0) is 23.8 Å². The summed E-state index contributed by atoms with van der Waals surface area (Å²) in [6.07, 6.45) is 3.87. The molecule has 1 saturated heterocycles. The number of hydrogen-bond donors (Lipinski definition) is 1. The molecular weight excluding hydrogens is 290 g/mol. The number of halogens is 1. The SMILES string of the molecule is O=C([O-])[C@@H]1CN(C2=NNCC=C2)C[C@H]1c1ccc(Cl)cc1. The van der Waals surface area contributed by atoms with Gasteiger partial charge in [0.1, 0.15) is 5.84 Å². The Hall–Kier alpha value is -2.01. The number of carboxylic acid groups (broad SMARTS) is 1. The standard InChI is InChI=1S/C15H16ClN3O2/c16-11-5-3-10(4-6-11)12-8-19(9-13(12)15(20)21)14-2-1-7-17-18-14/h1-6,12-13,17H,7-9H2,(H,20,21)/p-1/t12-,13+/m0/s1. The van der Waals surface area contributed by atoms with Crippen LogP contribution < -0.4 is 10.5 Å². The van der Waals surface area contributed by atoms with Crippen molar-refractivity contribution in [1.82, 2.24) is 10.3 Å². The van der Waals surface area contributed by atoms with Gasteiger partial charge in [-0.3, -0.25) is 0 Å². The lowest BCUT2D eigenvalue weighted by Crippen LogP contribution is -2.36. The van der Waals surface area contributed by atoms with E-state index in [0.717, 1.165) is 11.4 Å². The van der Waals surface area contributed by atoms with E-state index in [0.29, 0.717) is 24.7 Å². The quantitative estimate of drug-likeness (QED) is 0.868. The zero-order chi connectivity index (χ0) is 14.8. The van der Waals surface area contributed by atoms with Crippen molar-refractivity contribution in [2.45, 2.75) is 5.92 Å². The molecule has 0 aromatic heterocycles. The van der Waals surface area contributed by atoms with Crippen LogP contribution in [0.1, 0.15) is 11.5 Å². The van der Waals surface area contributed by atoms with Gasteiger partial charge in [-0.2, -0.15) is 5.10 Å². The predicted molar refractivity (Wildman–Crippen MR) is 78.8 cm³/mol. The number of aliphatic carboxylic acids is 1. The highest BCUT2D eigenvalue weighted by atomic mass is 35.5. The molecule has 2 aliphatic rings. The highest BCUT2D eigenvalue weighted by Gasteiger charge is 2.35. The van der Waals surface area contributed by atoms with Crippen LogP contribution in [0, 0.1) is 5.92 Å². The van der Waals surface area contributed by atoms with Gasteiger partial charge in [0.15, 0.2) is 0 Å². The molecule has 2 aliphatic heterocycles. The molecule has 2 atom stereocenters. The van der Waals surface area contributed by atoms with E-state index in [2.05, 4.69) is 10.5 Å². The molecule has 110 valence electrons. The van der Waals surface area contributed by atoms with Crippen LogP contribution in [0.2, 0.25) is 5.02 Å². The van der Waals surface area contributed by atoms with Crippen LogP contribution in [0.4, 0.5) is 0 Å². The molecule has 1 fully saturated rings. The number of likely N-dealkylation sites (tertiary alicyclic amines) is 1. The normalized spacial score (nSPS) is 24.6. The number of carboxylic acids is 1. The first-order chi connectivity index (χ1) is 10.1. The first kappa shape index (κ1) is 13.9. The Balaban J connectivity index is 1.85. The lowest BCUT2D eigenvalue weighted by Gasteiger charge is -2.20. The number of nitrogens with zero attached hydrogens (tertiary/aromatic N) is 2. The van der Waals surface area contributed by atoms with Gasteiger partial charge in [0, 0.05) is 35.9 Å². The second-order valence-corrected chi connectivity index (χ2v) is 5.66. The third-order valence-corrected chi connectivity index (χ3v) is 4.17. The van der Waals surface area contributed by atoms with Gasteiger partial charge in [-0.1, -0.05) is 29.8 Å². The van der Waals surface area contributed by atoms with E-state index in [1.54, 1.807) is 12.1 Å². The van der Waals surface area contributed by atoms with Gasteiger partial charge in [-0.15, -0.1) is 0 Å². The molecule has 0 spiro atoms. The summed E-state index contributed by atoms with van der Waals surface area (Å²) in [5, 5.41) is 16.3. The van der Waals surface area contributed by atoms with Crippen molar-refractivity contribution in [2.75, 3.05) is 19.6 Å². The molecule has 0 saturated carbocycles. The lowest BCUT2D eigenvalue weighted by atomic mass is 9.89. The average Bonchev–Trinajstić information content (AvgIpc) is 2.94. The van der Waals surface area contributed by atoms with Crippen molar-refractivity contribution in [3.05, 3.63) is 47.0 Å².